The van der Waals surface area contributed by atoms with Crippen LogP contribution in [0.5, 0.6) is 5.75 Å². The van der Waals surface area contributed by atoms with Crippen molar-refractivity contribution in [2.24, 2.45) is 23.3 Å². The fourth-order valence-electron chi connectivity index (χ4n) is 7.18. The molecular weight excluding hydrogens is 877 g/mol. The molecule has 0 radical (unpaired) electrons. The lowest BCUT2D eigenvalue weighted by Gasteiger charge is -2.38. The predicted molar refractivity (Wildman–Crippen MR) is 231 cm³/mol. The van der Waals surface area contributed by atoms with E-state index in [1.807, 2.05) is 0 Å². The topological polar surface area (TPSA) is 411 Å². The van der Waals surface area contributed by atoms with E-state index in [-0.39, 0.29) is 55.3 Å². The van der Waals surface area contributed by atoms with Crippen LogP contribution >= 0.6 is 11.8 Å². The third kappa shape index (κ3) is 16.4. The quantitative estimate of drug-likeness (QED) is 0.0584. The number of hydrogen-bond acceptors (Lipinski definition) is 14. The van der Waals surface area contributed by atoms with Crippen molar-refractivity contribution in [2.75, 3.05) is 23.8 Å². The van der Waals surface area contributed by atoms with Crippen molar-refractivity contribution in [3.63, 3.8) is 0 Å². The van der Waals surface area contributed by atoms with Crippen LogP contribution in [0.3, 0.4) is 0 Å². The van der Waals surface area contributed by atoms with Crippen LogP contribution in [0.15, 0.2) is 18.2 Å². The fraction of sp³-hybridized carbons (Fsp3) is 0.575. The van der Waals surface area contributed by atoms with Gasteiger partial charge in [-0.25, -0.2) is 0 Å². The van der Waals surface area contributed by atoms with Crippen LogP contribution < -0.4 is 54.4 Å². The molecule has 2 fully saturated rings. The lowest BCUT2D eigenvalue weighted by Crippen LogP contribution is -2.66. The number of carbonyl (C=O) groups is 11. The standard InChI is InChI=1S/C40H58N10O14S/c1-19(2)12-23-34(57)48-24(14-20-6-7-28(51)22(41)13-20)36(59)50-40(9-4-3-5-10-40)39(64)49-26(16-29(42)52)33(56)44-11-8-30(53)46-27(32(43)55)17-65-18-31(54)45-25(35(58)47-23)15-21(37(60)61)38(62)63/h6-7,13,19,21,23-27,51H,3-5,8-12,14-18,41H2,1-2H3,(H2,42,52)(H2,43,55)(H,44,56)(H,45,54)(H,46,53)(H,47,58)(H,48,57)(H,49,64)(H,50,59)(H,60,61)(H,62,63)/t23-,24-,25-,26-,27-/m0/s1. The molecule has 1 spiro atoms. The minimum absolute atomic E-state index is 0.0502. The van der Waals surface area contributed by atoms with E-state index in [0.717, 1.165) is 11.8 Å². The molecule has 25 heteroatoms. The summed E-state index contributed by atoms with van der Waals surface area (Å²) in [4.78, 5) is 144. The van der Waals surface area contributed by atoms with Gasteiger partial charge in [0, 0.05) is 31.6 Å². The molecule has 1 saturated carbocycles. The number of thioether (sulfide) groups is 1. The van der Waals surface area contributed by atoms with Crippen LogP contribution in [-0.4, -0.2) is 134 Å². The molecule has 24 nitrogen and oxygen atoms in total. The Morgan fingerprint density at radius 3 is 1.95 bits per heavy atom. The van der Waals surface area contributed by atoms with E-state index in [1.165, 1.54) is 18.2 Å². The Balaban J connectivity index is 2.14. The number of amides is 9. The highest BCUT2D eigenvalue weighted by Gasteiger charge is 2.44. The van der Waals surface area contributed by atoms with Crippen LogP contribution in [0.2, 0.25) is 0 Å². The first-order chi connectivity index (χ1) is 30.5. The summed E-state index contributed by atoms with van der Waals surface area (Å²) in [5, 5.41) is 46.7. The summed E-state index contributed by atoms with van der Waals surface area (Å²) >= 11 is 0.754. The molecule has 1 saturated heterocycles. The first-order valence-electron chi connectivity index (χ1n) is 20.8. The first kappa shape index (κ1) is 52.7. The van der Waals surface area contributed by atoms with E-state index < -0.39 is 132 Å². The Labute approximate surface area is 377 Å². The minimum Gasteiger partial charge on any atom is -0.506 e. The third-order valence-electron chi connectivity index (χ3n) is 10.6. The molecule has 3 rings (SSSR count). The van der Waals surface area contributed by atoms with Gasteiger partial charge in [0.2, 0.25) is 53.2 Å². The number of benzene rings is 1. The smallest absolute Gasteiger partial charge is 0.317 e. The van der Waals surface area contributed by atoms with Gasteiger partial charge in [-0.05, 0) is 42.9 Å². The number of nitrogens with one attached hydrogen (secondary N) is 7. The predicted octanol–water partition coefficient (Wildman–Crippen LogP) is -3.40. The molecule has 1 aromatic rings. The van der Waals surface area contributed by atoms with Crippen molar-refractivity contribution >= 4 is 82.6 Å². The Morgan fingerprint density at radius 1 is 0.769 bits per heavy atom. The summed E-state index contributed by atoms with van der Waals surface area (Å²) in [6, 6.07) is -3.80. The average molecular weight is 935 g/mol. The number of primary amides is 2. The van der Waals surface area contributed by atoms with Crippen molar-refractivity contribution < 1.29 is 68.1 Å². The molecule has 1 heterocycles. The first-order valence-corrected chi connectivity index (χ1v) is 22.0. The van der Waals surface area contributed by atoms with Crippen LogP contribution in [0.25, 0.3) is 0 Å². The summed E-state index contributed by atoms with van der Waals surface area (Å²) in [6.45, 7) is 3.02. The van der Waals surface area contributed by atoms with Gasteiger partial charge in [-0.2, -0.15) is 0 Å². The van der Waals surface area contributed by atoms with E-state index in [2.05, 4.69) is 37.2 Å². The highest BCUT2D eigenvalue weighted by Crippen LogP contribution is 2.30. The largest absolute Gasteiger partial charge is 0.506 e. The molecule has 5 atom stereocenters. The second-order valence-electron chi connectivity index (χ2n) is 16.3. The zero-order chi connectivity index (χ0) is 48.6. The average Bonchev–Trinajstić information content (AvgIpc) is 3.21. The minimum atomic E-state index is -2.20. The Hall–Kier alpha value is -6.66. The number of nitrogen functional groups attached to an aromatic ring is 1. The Kier molecular flexibility index (Phi) is 19.8. The zero-order valence-electron chi connectivity index (χ0n) is 35.9. The van der Waals surface area contributed by atoms with Crippen molar-refractivity contribution in [2.45, 2.75) is 114 Å². The lowest BCUT2D eigenvalue weighted by molar-refractivity contribution is -0.155. The SMILES string of the molecule is CC(C)C[C@@H]1NC(=O)[C@H](CC(C(=O)O)C(=O)O)NC(=O)CSC[C@@H](C(N)=O)NC(=O)CCNC(=O)[C@H](CC(N)=O)NC(=O)C2(CCCCC2)NC(=O)[C@H](Cc2ccc(O)c(N)c2)NC1=O. The Morgan fingerprint density at radius 2 is 1.38 bits per heavy atom. The summed E-state index contributed by atoms with van der Waals surface area (Å²) in [7, 11) is 0. The normalized spacial score (nSPS) is 23.6. The molecule has 1 aromatic carbocycles. The van der Waals surface area contributed by atoms with E-state index in [1.54, 1.807) is 13.8 Å². The molecule has 358 valence electrons. The molecule has 1 aliphatic carbocycles. The van der Waals surface area contributed by atoms with Gasteiger partial charge in [0.1, 0.15) is 41.5 Å². The van der Waals surface area contributed by atoms with Gasteiger partial charge >= 0.3 is 11.9 Å². The van der Waals surface area contributed by atoms with Gasteiger partial charge in [0.05, 0.1) is 17.9 Å². The molecule has 1 aliphatic heterocycles. The number of phenols is 1. The number of carboxylic acids is 2. The van der Waals surface area contributed by atoms with Crippen molar-refractivity contribution in [1.29, 1.82) is 0 Å². The third-order valence-corrected chi connectivity index (χ3v) is 11.6. The molecule has 2 aliphatic rings. The molecule has 0 unspecified atom stereocenters. The van der Waals surface area contributed by atoms with Crippen LogP contribution in [0.4, 0.5) is 5.69 Å². The number of aromatic hydroxyl groups is 1. The fourth-order valence-corrected chi connectivity index (χ4v) is 8.05. The van der Waals surface area contributed by atoms with Gasteiger partial charge in [0.15, 0.2) is 5.92 Å². The number of rotatable bonds is 11. The van der Waals surface area contributed by atoms with Crippen molar-refractivity contribution in [1.82, 2.24) is 37.2 Å². The van der Waals surface area contributed by atoms with E-state index in [4.69, 9.17) is 17.2 Å². The van der Waals surface area contributed by atoms with Crippen molar-refractivity contribution in [3.05, 3.63) is 23.8 Å². The summed E-state index contributed by atoms with van der Waals surface area (Å²) in [6.07, 6.45) is -0.868. The van der Waals surface area contributed by atoms with Crippen LogP contribution in [-0.2, 0) is 59.2 Å². The molecule has 0 bridgehead atoms. The molecule has 16 N–H and O–H groups in total. The number of aliphatic carboxylic acids is 2. The van der Waals surface area contributed by atoms with Crippen LogP contribution in [0.1, 0.15) is 77.2 Å². The highest BCUT2D eigenvalue weighted by atomic mass is 32.2. The van der Waals surface area contributed by atoms with E-state index in [0.29, 0.717) is 24.8 Å². The maximum atomic E-state index is 14.5. The number of hydrogen-bond donors (Lipinski definition) is 13. The van der Waals surface area contributed by atoms with Gasteiger partial charge in [-0.15, -0.1) is 11.8 Å². The highest BCUT2D eigenvalue weighted by molar-refractivity contribution is 8.00. The molecule has 0 aromatic heterocycles. The Bertz CT molecular complexity index is 1980. The monoisotopic (exact) mass is 934 g/mol. The van der Waals surface area contributed by atoms with Gasteiger partial charge < -0.3 is 69.7 Å². The zero-order valence-corrected chi connectivity index (χ0v) is 36.8. The van der Waals surface area contributed by atoms with E-state index >= 15 is 0 Å². The molecule has 65 heavy (non-hydrogen) atoms. The summed E-state index contributed by atoms with van der Waals surface area (Å²) in [5.41, 5.74) is 15.4. The van der Waals surface area contributed by atoms with Crippen molar-refractivity contribution in [3.8, 4) is 5.75 Å². The number of anilines is 1. The number of phenolic OH excluding ortho intramolecular Hbond substituents is 1. The number of nitrogens with two attached hydrogens (primary N) is 3. The maximum absolute atomic E-state index is 14.5. The lowest BCUT2D eigenvalue weighted by atomic mass is 9.80. The van der Waals surface area contributed by atoms with Gasteiger partial charge in [-0.1, -0.05) is 39.2 Å². The number of carboxylic acid groups (broad SMARTS) is 2. The summed E-state index contributed by atoms with van der Waals surface area (Å²) in [5.74, 6) is -15.8. The van der Waals surface area contributed by atoms with Gasteiger partial charge in [0.25, 0.3) is 0 Å². The maximum Gasteiger partial charge on any atom is 0.317 e. The number of carbonyl (C=O) groups excluding carboxylic acids is 9. The molecular formula is C40H58N10O14S. The second kappa shape index (κ2) is 24.4. The van der Waals surface area contributed by atoms with E-state index in [9.17, 15) is 68.1 Å². The van der Waals surface area contributed by atoms with Crippen LogP contribution in [0, 0.1) is 11.8 Å². The second-order valence-corrected chi connectivity index (χ2v) is 17.4. The summed E-state index contributed by atoms with van der Waals surface area (Å²) < 4.78 is 0. The van der Waals surface area contributed by atoms with Gasteiger partial charge in [-0.3, -0.25) is 52.7 Å². The molecule has 9 amide bonds.